The number of aromatic hydroxyl groups is 1. The number of hydrogen-bond donors (Lipinski definition) is 6. The third-order valence-corrected chi connectivity index (χ3v) is 11.3. The molecule has 9 rings (SSSR count). The summed E-state index contributed by atoms with van der Waals surface area (Å²) in [5, 5.41) is 19.1. The van der Waals surface area contributed by atoms with E-state index in [2.05, 4.69) is 37.8 Å². The summed E-state index contributed by atoms with van der Waals surface area (Å²) in [6, 6.07) is 34.6. The number of imidazole rings is 1. The lowest BCUT2D eigenvalue weighted by Gasteiger charge is -2.46. The van der Waals surface area contributed by atoms with E-state index >= 15 is 9.59 Å². The van der Waals surface area contributed by atoms with Gasteiger partial charge in [-0.2, -0.15) is 0 Å². The Bertz CT molecular complexity index is 2610. The molecule has 0 radical (unpaired) electrons. The molecule has 1 spiro atoms. The number of nitrogens with one attached hydrogen (secondary N) is 4. The standard InChI is InChI=1S/C45H37N7O6/c46-44(57)47-23-9-10-26-17-22-32-31(24-26)45(43(56)51-32)36(41(54)48-25-35-49-33-15-7-8-16-34(33)50-35)38-42(55)58-39(28-13-5-2-6-14-28)37(27-11-3-1-4-12-27)52(38)40(45)29-18-20-30(53)21-19-29/h1-8,11-22,24,36-40,53H,23,25H2,(H,48,54)(H,49,50)(H,51,56)(H3,46,47,57). The van der Waals surface area contributed by atoms with Gasteiger partial charge in [0.05, 0.1) is 42.1 Å². The van der Waals surface area contributed by atoms with Crippen molar-refractivity contribution >= 4 is 40.5 Å². The van der Waals surface area contributed by atoms with E-state index in [1.165, 1.54) is 12.1 Å². The largest absolute Gasteiger partial charge is 0.508 e. The van der Waals surface area contributed by atoms with E-state index in [1.807, 2.05) is 89.8 Å². The molecule has 6 unspecified atom stereocenters. The van der Waals surface area contributed by atoms with Crippen LogP contribution in [-0.4, -0.2) is 56.4 Å². The number of benzene rings is 5. The molecule has 5 aromatic carbocycles. The highest BCUT2D eigenvalue weighted by Gasteiger charge is 2.74. The monoisotopic (exact) mass is 771 g/mol. The normalized spacial score (nSPS) is 23.3. The van der Waals surface area contributed by atoms with Crippen LogP contribution in [0.25, 0.3) is 11.0 Å². The molecule has 0 saturated carbocycles. The van der Waals surface area contributed by atoms with Crippen molar-refractivity contribution in [1.29, 1.82) is 0 Å². The van der Waals surface area contributed by atoms with Crippen molar-refractivity contribution in [3.63, 3.8) is 0 Å². The highest BCUT2D eigenvalue weighted by Crippen LogP contribution is 2.64. The first-order chi connectivity index (χ1) is 28.2. The lowest BCUT2D eigenvalue weighted by molar-refractivity contribution is -0.178. The number of morpholine rings is 1. The minimum Gasteiger partial charge on any atom is -0.508 e. The number of carbonyl (C=O) groups excluding carboxylic acids is 4. The molecule has 0 bridgehead atoms. The van der Waals surface area contributed by atoms with Crippen molar-refractivity contribution in [2.75, 3.05) is 11.9 Å². The molecule has 58 heavy (non-hydrogen) atoms. The zero-order valence-corrected chi connectivity index (χ0v) is 30.9. The zero-order valence-electron chi connectivity index (χ0n) is 30.9. The molecule has 7 N–H and O–H groups in total. The van der Waals surface area contributed by atoms with E-state index in [1.54, 1.807) is 30.3 Å². The lowest BCUT2D eigenvalue weighted by Crippen LogP contribution is -2.54. The number of nitrogens with two attached hydrogens (primary N) is 1. The number of urea groups is 1. The first kappa shape index (κ1) is 36.2. The van der Waals surface area contributed by atoms with Gasteiger partial charge in [-0.1, -0.05) is 96.8 Å². The number of aromatic amines is 1. The number of esters is 1. The van der Waals surface area contributed by atoms with Crippen molar-refractivity contribution in [2.24, 2.45) is 11.7 Å². The van der Waals surface area contributed by atoms with Gasteiger partial charge in [-0.25, -0.2) is 9.78 Å². The Labute approximate surface area is 332 Å². The number of phenolic OH excluding ortho intramolecular Hbond substituents is 1. The van der Waals surface area contributed by atoms with E-state index in [9.17, 15) is 14.7 Å². The van der Waals surface area contributed by atoms with E-state index < -0.39 is 59.4 Å². The second kappa shape index (κ2) is 14.6. The number of cyclic esters (lactones) is 1. The minimum absolute atomic E-state index is 0.00528. The van der Waals surface area contributed by atoms with Gasteiger partial charge in [-0.3, -0.25) is 19.3 Å². The molecule has 2 saturated heterocycles. The number of carbonyl (C=O) groups is 4. The van der Waals surface area contributed by atoms with Crippen molar-refractivity contribution < 1.29 is 29.0 Å². The maximum absolute atomic E-state index is 15.3. The van der Waals surface area contributed by atoms with Gasteiger partial charge in [0, 0.05) is 11.3 Å². The summed E-state index contributed by atoms with van der Waals surface area (Å²) in [5.41, 5.74) is 8.54. The van der Waals surface area contributed by atoms with Gasteiger partial charge in [-0.05, 0) is 64.7 Å². The first-order valence-corrected chi connectivity index (χ1v) is 18.8. The second-order valence-corrected chi connectivity index (χ2v) is 14.5. The van der Waals surface area contributed by atoms with Crippen molar-refractivity contribution in [1.82, 2.24) is 25.5 Å². The molecule has 6 aromatic rings. The molecular formula is C45H37N7O6. The third kappa shape index (κ3) is 6.07. The number of anilines is 1. The fraction of sp³-hybridized carbons (Fsp3) is 0.178. The quantitative estimate of drug-likeness (QED) is 0.0978. The predicted molar refractivity (Wildman–Crippen MR) is 214 cm³/mol. The number of H-pyrrole nitrogens is 1. The lowest BCUT2D eigenvalue weighted by atomic mass is 9.65. The third-order valence-electron chi connectivity index (χ3n) is 11.3. The Balaban J connectivity index is 1.27. The molecule has 6 atom stereocenters. The number of hydrogen-bond acceptors (Lipinski definition) is 8. The highest BCUT2D eigenvalue weighted by atomic mass is 16.6. The number of amides is 4. The Morgan fingerprint density at radius 3 is 2.28 bits per heavy atom. The maximum atomic E-state index is 15.3. The van der Waals surface area contributed by atoms with Crippen LogP contribution < -0.4 is 21.7 Å². The van der Waals surface area contributed by atoms with Gasteiger partial charge in [0.2, 0.25) is 11.8 Å². The Hall–Kier alpha value is -7.43. The smallest absolute Gasteiger partial charge is 0.324 e. The summed E-state index contributed by atoms with van der Waals surface area (Å²) in [7, 11) is 0. The Morgan fingerprint density at radius 1 is 0.845 bits per heavy atom. The summed E-state index contributed by atoms with van der Waals surface area (Å²) in [6.07, 6.45) is -0.833. The maximum Gasteiger partial charge on any atom is 0.324 e. The van der Waals surface area contributed by atoms with Crippen LogP contribution in [0, 0.1) is 17.8 Å². The zero-order chi connectivity index (χ0) is 40.0. The number of para-hydroxylation sites is 2. The van der Waals surface area contributed by atoms with Gasteiger partial charge in [-0.15, -0.1) is 0 Å². The number of rotatable bonds is 7. The first-order valence-electron chi connectivity index (χ1n) is 18.8. The van der Waals surface area contributed by atoms with Crippen LogP contribution in [0.1, 0.15) is 51.8 Å². The number of aromatic nitrogens is 2. The van der Waals surface area contributed by atoms with Gasteiger partial charge in [0.25, 0.3) is 0 Å². The van der Waals surface area contributed by atoms with Crippen LogP contribution in [0.2, 0.25) is 0 Å². The molecule has 1 aromatic heterocycles. The molecule has 13 nitrogen and oxygen atoms in total. The summed E-state index contributed by atoms with van der Waals surface area (Å²) in [5.74, 6) is 3.35. The van der Waals surface area contributed by atoms with Crippen LogP contribution in [0.3, 0.4) is 0 Å². The molecule has 288 valence electrons. The van der Waals surface area contributed by atoms with Crippen molar-refractivity contribution in [3.8, 4) is 17.6 Å². The van der Waals surface area contributed by atoms with E-state index in [4.69, 9.17) is 10.5 Å². The number of ether oxygens (including phenoxy) is 1. The predicted octanol–water partition coefficient (Wildman–Crippen LogP) is 4.88. The summed E-state index contributed by atoms with van der Waals surface area (Å²) in [6.45, 7) is -0.0354. The molecule has 4 heterocycles. The van der Waals surface area contributed by atoms with Crippen LogP contribution in [0.5, 0.6) is 5.75 Å². The van der Waals surface area contributed by atoms with Crippen molar-refractivity contribution in [2.45, 2.75) is 36.2 Å². The molecule has 4 amide bonds. The van der Waals surface area contributed by atoms with Gasteiger partial charge < -0.3 is 36.5 Å². The fourth-order valence-corrected chi connectivity index (χ4v) is 8.98. The molecule has 3 aliphatic heterocycles. The second-order valence-electron chi connectivity index (χ2n) is 14.5. The summed E-state index contributed by atoms with van der Waals surface area (Å²) in [4.78, 5) is 66.6. The van der Waals surface area contributed by atoms with Gasteiger partial charge in [0.15, 0.2) is 0 Å². The molecule has 3 aliphatic rings. The van der Waals surface area contributed by atoms with E-state index in [-0.39, 0.29) is 18.8 Å². The number of nitrogens with zero attached hydrogens (tertiary/aromatic N) is 2. The van der Waals surface area contributed by atoms with Gasteiger partial charge >= 0.3 is 12.0 Å². The van der Waals surface area contributed by atoms with E-state index in [0.29, 0.717) is 28.2 Å². The molecular weight excluding hydrogens is 735 g/mol. The van der Waals surface area contributed by atoms with Crippen LogP contribution >= 0.6 is 0 Å². The van der Waals surface area contributed by atoms with E-state index in [0.717, 1.165) is 22.2 Å². The molecule has 2 fully saturated rings. The number of primary amides is 1. The van der Waals surface area contributed by atoms with Crippen LogP contribution in [0.4, 0.5) is 10.5 Å². The van der Waals surface area contributed by atoms with Gasteiger partial charge in [0.1, 0.15) is 29.1 Å². The van der Waals surface area contributed by atoms with Crippen molar-refractivity contribution in [3.05, 3.63) is 161 Å². The number of phenols is 1. The molecule has 13 heteroatoms. The SMILES string of the molecule is NC(=O)NCC#Cc1ccc2c(c1)C1(C(=O)N2)C(C(=O)NCc2nc3ccccc3[nH]2)C2C(=O)OC(c3ccccc3)C(c3ccccc3)N2C1c1ccc(O)cc1. The Morgan fingerprint density at radius 2 is 1.55 bits per heavy atom. The molecule has 0 aliphatic carbocycles. The highest BCUT2D eigenvalue weighted by molar-refractivity contribution is 6.12. The topological polar surface area (TPSA) is 192 Å². The summed E-state index contributed by atoms with van der Waals surface area (Å²) >= 11 is 0. The number of fused-ring (bicyclic) bond motifs is 4. The Kier molecular flexibility index (Phi) is 9.10. The minimum atomic E-state index is -1.75. The average molecular weight is 772 g/mol. The van der Waals surface area contributed by atoms with Crippen LogP contribution in [0.15, 0.2) is 127 Å². The van der Waals surface area contributed by atoms with Crippen LogP contribution in [-0.2, 0) is 31.1 Å². The summed E-state index contributed by atoms with van der Waals surface area (Å²) < 4.78 is 6.46. The fourth-order valence-electron chi connectivity index (χ4n) is 8.98. The average Bonchev–Trinajstić information content (AvgIpc) is 3.89.